The molecule has 3 nitrogen and oxygen atoms in total. The smallest absolute Gasteiger partial charge is 0.109 e. The van der Waals surface area contributed by atoms with Crippen molar-refractivity contribution in [3.05, 3.63) is 24.0 Å². The Morgan fingerprint density at radius 1 is 1.32 bits per heavy atom. The summed E-state index contributed by atoms with van der Waals surface area (Å²) in [5.74, 6) is 1.95. The molecule has 0 spiro atoms. The second kappa shape index (κ2) is 4.87. The van der Waals surface area contributed by atoms with E-state index in [4.69, 9.17) is 10.7 Å². The average molecular weight is 257 g/mol. The van der Waals surface area contributed by atoms with Crippen LogP contribution in [0.25, 0.3) is 11.0 Å². The number of nitrogens with zero attached hydrogens (tertiary/aromatic N) is 2. The number of fused-ring (bicyclic) bond motifs is 1. The zero-order valence-corrected chi connectivity index (χ0v) is 11.9. The van der Waals surface area contributed by atoms with E-state index < -0.39 is 0 Å². The van der Waals surface area contributed by atoms with Crippen molar-refractivity contribution in [1.82, 2.24) is 9.55 Å². The Bertz CT molecular complexity index is 585. The van der Waals surface area contributed by atoms with Crippen molar-refractivity contribution in [2.24, 2.45) is 5.92 Å². The van der Waals surface area contributed by atoms with Crippen molar-refractivity contribution < 1.29 is 0 Å². The van der Waals surface area contributed by atoms with Gasteiger partial charge in [-0.1, -0.05) is 26.7 Å². The second-order valence-electron chi connectivity index (χ2n) is 5.83. The van der Waals surface area contributed by atoms with Crippen LogP contribution in [0.4, 0.5) is 5.69 Å². The highest BCUT2D eigenvalue weighted by Crippen LogP contribution is 2.37. The van der Waals surface area contributed by atoms with E-state index >= 15 is 0 Å². The van der Waals surface area contributed by atoms with Gasteiger partial charge in [0.2, 0.25) is 0 Å². The Balaban J connectivity index is 2.14. The minimum absolute atomic E-state index is 0.609. The van der Waals surface area contributed by atoms with Crippen LogP contribution < -0.4 is 5.73 Å². The van der Waals surface area contributed by atoms with Crippen LogP contribution >= 0.6 is 0 Å². The van der Waals surface area contributed by atoms with Crippen LogP contribution in [-0.2, 0) is 6.42 Å². The summed E-state index contributed by atoms with van der Waals surface area (Å²) in [6, 6.07) is 6.74. The Hall–Kier alpha value is -1.51. The monoisotopic (exact) mass is 257 g/mol. The molecule has 0 saturated heterocycles. The largest absolute Gasteiger partial charge is 0.399 e. The lowest BCUT2D eigenvalue weighted by Gasteiger charge is -2.31. The van der Waals surface area contributed by atoms with Gasteiger partial charge in [0, 0.05) is 18.2 Å². The van der Waals surface area contributed by atoms with E-state index in [1.54, 1.807) is 0 Å². The molecule has 0 bridgehead atoms. The molecular formula is C16H23N3. The fourth-order valence-electron chi connectivity index (χ4n) is 3.47. The van der Waals surface area contributed by atoms with Crippen LogP contribution in [0.3, 0.4) is 0 Å². The number of nitrogens with two attached hydrogens (primary N) is 1. The first kappa shape index (κ1) is 12.5. The van der Waals surface area contributed by atoms with Crippen LogP contribution in [0.2, 0.25) is 0 Å². The van der Waals surface area contributed by atoms with Gasteiger partial charge >= 0.3 is 0 Å². The fourth-order valence-corrected chi connectivity index (χ4v) is 3.47. The van der Waals surface area contributed by atoms with Gasteiger partial charge in [0.25, 0.3) is 0 Å². The van der Waals surface area contributed by atoms with Crippen LogP contribution in [0, 0.1) is 5.92 Å². The van der Waals surface area contributed by atoms with E-state index in [9.17, 15) is 0 Å². The molecule has 3 heteroatoms. The van der Waals surface area contributed by atoms with Gasteiger partial charge in [-0.2, -0.15) is 0 Å². The predicted octanol–water partition coefficient (Wildman–Crippen LogP) is 3.93. The molecule has 19 heavy (non-hydrogen) atoms. The Kier molecular flexibility index (Phi) is 3.21. The van der Waals surface area contributed by atoms with Crippen LogP contribution in [0.1, 0.15) is 51.4 Å². The Morgan fingerprint density at radius 3 is 2.84 bits per heavy atom. The Labute approximate surface area is 114 Å². The summed E-state index contributed by atoms with van der Waals surface area (Å²) in [5.41, 5.74) is 8.99. The van der Waals surface area contributed by atoms with E-state index in [1.165, 1.54) is 37.0 Å². The molecular weight excluding hydrogens is 234 g/mol. The molecule has 102 valence electrons. The molecule has 1 aromatic heterocycles. The van der Waals surface area contributed by atoms with Crippen molar-refractivity contribution in [1.29, 1.82) is 0 Å². The van der Waals surface area contributed by atoms with Crippen molar-refractivity contribution in [2.45, 2.75) is 52.0 Å². The first-order valence-corrected chi connectivity index (χ1v) is 7.47. The quantitative estimate of drug-likeness (QED) is 0.828. The molecule has 0 amide bonds. The standard InChI is InChI=1S/C16H23N3/c1-3-16-18-13-10-12(17)8-9-15(13)19(16)14-7-5-4-6-11(14)2/h8-11,14H,3-7,17H2,1-2H3. The Morgan fingerprint density at radius 2 is 2.11 bits per heavy atom. The number of nitrogen functional groups attached to an aromatic ring is 1. The highest BCUT2D eigenvalue weighted by Gasteiger charge is 2.26. The lowest BCUT2D eigenvalue weighted by Crippen LogP contribution is -2.22. The van der Waals surface area contributed by atoms with Crippen LogP contribution in [0.15, 0.2) is 18.2 Å². The zero-order chi connectivity index (χ0) is 13.4. The third-order valence-corrected chi connectivity index (χ3v) is 4.50. The maximum absolute atomic E-state index is 5.88. The zero-order valence-electron chi connectivity index (χ0n) is 11.9. The minimum atomic E-state index is 0.609. The third-order valence-electron chi connectivity index (χ3n) is 4.50. The third kappa shape index (κ3) is 2.11. The fraction of sp³-hybridized carbons (Fsp3) is 0.562. The molecule has 1 saturated carbocycles. The molecule has 0 aliphatic heterocycles. The number of anilines is 1. The van der Waals surface area contributed by atoms with E-state index in [1.807, 2.05) is 12.1 Å². The number of rotatable bonds is 2. The van der Waals surface area contributed by atoms with E-state index in [-0.39, 0.29) is 0 Å². The molecule has 1 aliphatic carbocycles. The molecule has 1 aromatic carbocycles. The summed E-state index contributed by atoms with van der Waals surface area (Å²) >= 11 is 0. The van der Waals surface area contributed by atoms with Crippen molar-refractivity contribution in [3.8, 4) is 0 Å². The van der Waals surface area contributed by atoms with Crippen molar-refractivity contribution >= 4 is 16.7 Å². The summed E-state index contributed by atoms with van der Waals surface area (Å²) in [4.78, 5) is 4.78. The molecule has 2 N–H and O–H groups in total. The summed E-state index contributed by atoms with van der Waals surface area (Å²) in [6.45, 7) is 4.57. The van der Waals surface area contributed by atoms with Crippen LogP contribution in [0.5, 0.6) is 0 Å². The lowest BCUT2D eigenvalue weighted by atomic mass is 9.85. The van der Waals surface area contributed by atoms with Gasteiger partial charge < -0.3 is 10.3 Å². The number of aryl methyl sites for hydroxylation is 1. The number of imidazole rings is 1. The normalized spacial score (nSPS) is 23.9. The first-order chi connectivity index (χ1) is 9.20. The number of hydrogen-bond donors (Lipinski definition) is 1. The number of benzene rings is 1. The van der Waals surface area contributed by atoms with Gasteiger partial charge in [-0.15, -0.1) is 0 Å². The SMILES string of the molecule is CCc1nc2cc(N)ccc2n1C1CCCCC1C. The second-order valence-corrected chi connectivity index (χ2v) is 5.83. The molecule has 1 aliphatic rings. The highest BCUT2D eigenvalue weighted by atomic mass is 15.1. The topological polar surface area (TPSA) is 43.8 Å². The van der Waals surface area contributed by atoms with Gasteiger partial charge in [-0.05, 0) is 37.0 Å². The van der Waals surface area contributed by atoms with Crippen molar-refractivity contribution in [2.75, 3.05) is 5.73 Å². The van der Waals surface area contributed by atoms with E-state index in [0.29, 0.717) is 6.04 Å². The van der Waals surface area contributed by atoms with Gasteiger partial charge in [-0.25, -0.2) is 4.98 Å². The summed E-state index contributed by atoms with van der Waals surface area (Å²) in [5, 5.41) is 0. The molecule has 0 radical (unpaired) electrons. The van der Waals surface area contributed by atoms with Crippen molar-refractivity contribution in [3.63, 3.8) is 0 Å². The summed E-state index contributed by atoms with van der Waals surface area (Å²) in [7, 11) is 0. The van der Waals surface area contributed by atoms with Gasteiger partial charge in [0.1, 0.15) is 5.82 Å². The number of aromatic nitrogens is 2. The predicted molar refractivity (Wildman–Crippen MR) is 80.2 cm³/mol. The van der Waals surface area contributed by atoms with E-state index in [2.05, 4.69) is 24.5 Å². The lowest BCUT2D eigenvalue weighted by molar-refractivity contribution is 0.257. The van der Waals surface area contributed by atoms with Gasteiger partial charge in [0.15, 0.2) is 0 Å². The van der Waals surface area contributed by atoms with E-state index in [0.717, 1.165) is 23.5 Å². The van der Waals surface area contributed by atoms with Gasteiger partial charge in [-0.3, -0.25) is 0 Å². The maximum Gasteiger partial charge on any atom is 0.109 e. The average Bonchev–Trinajstić information content (AvgIpc) is 2.76. The summed E-state index contributed by atoms with van der Waals surface area (Å²) < 4.78 is 2.48. The molecule has 2 aromatic rings. The first-order valence-electron chi connectivity index (χ1n) is 7.47. The number of hydrogen-bond acceptors (Lipinski definition) is 2. The molecule has 1 heterocycles. The van der Waals surface area contributed by atoms with Gasteiger partial charge in [0.05, 0.1) is 11.0 Å². The maximum atomic E-state index is 5.88. The van der Waals surface area contributed by atoms with Crippen LogP contribution in [-0.4, -0.2) is 9.55 Å². The minimum Gasteiger partial charge on any atom is -0.399 e. The molecule has 1 fully saturated rings. The molecule has 3 rings (SSSR count). The molecule has 2 atom stereocenters. The molecule has 2 unspecified atom stereocenters. The summed E-state index contributed by atoms with van der Waals surface area (Å²) in [6.07, 6.45) is 6.32. The highest BCUT2D eigenvalue weighted by molar-refractivity contribution is 5.79.